The molecule has 0 amide bonds. The zero-order chi connectivity index (χ0) is 13.3. The zero-order valence-electron chi connectivity index (χ0n) is 11.5. The number of nitrogens with one attached hydrogen (secondary N) is 1. The van der Waals surface area contributed by atoms with Crippen LogP contribution in [0.1, 0.15) is 50.6 Å². The highest BCUT2D eigenvalue weighted by molar-refractivity contribution is 9.10. The number of hydrogen-bond acceptors (Lipinski definition) is 2. The van der Waals surface area contributed by atoms with E-state index in [1.807, 2.05) is 0 Å². The largest absolute Gasteiger partial charge is 0.375 e. The molecule has 0 aromatic heterocycles. The average molecular weight is 324 g/mol. The number of benzene rings is 1. The molecule has 0 bridgehead atoms. The zero-order valence-corrected chi connectivity index (χ0v) is 13.1. The van der Waals surface area contributed by atoms with Crippen LogP contribution in [0.4, 0.5) is 0 Å². The first-order valence-electron chi connectivity index (χ1n) is 7.32. The maximum Gasteiger partial charge on any atom is 0.0697 e. The third kappa shape index (κ3) is 3.04. The van der Waals surface area contributed by atoms with Crippen molar-refractivity contribution in [1.29, 1.82) is 0 Å². The van der Waals surface area contributed by atoms with Gasteiger partial charge in [-0.05, 0) is 56.7 Å². The van der Waals surface area contributed by atoms with Crippen molar-refractivity contribution in [2.75, 3.05) is 6.61 Å². The fourth-order valence-corrected chi connectivity index (χ4v) is 3.73. The molecule has 0 radical (unpaired) electrons. The number of rotatable bonds is 3. The molecular formula is C16H22BrNO. The minimum atomic E-state index is 0.229. The molecular weight excluding hydrogens is 302 g/mol. The van der Waals surface area contributed by atoms with E-state index < -0.39 is 0 Å². The van der Waals surface area contributed by atoms with E-state index >= 15 is 0 Å². The van der Waals surface area contributed by atoms with E-state index in [-0.39, 0.29) is 5.60 Å². The van der Waals surface area contributed by atoms with Gasteiger partial charge in [-0.25, -0.2) is 0 Å². The second kappa shape index (κ2) is 5.55. The minimum Gasteiger partial charge on any atom is -0.375 e. The van der Waals surface area contributed by atoms with Gasteiger partial charge >= 0.3 is 0 Å². The smallest absolute Gasteiger partial charge is 0.0697 e. The Morgan fingerprint density at radius 1 is 1.42 bits per heavy atom. The van der Waals surface area contributed by atoms with Gasteiger partial charge in [-0.15, -0.1) is 0 Å². The van der Waals surface area contributed by atoms with Gasteiger partial charge in [-0.1, -0.05) is 28.1 Å². The summed E-state index contributed by atoms with van der Waals surface area (Å²) in [6.07, 6.45) is 6.19. The van der Waals surface area contributed by atoms with Crippen molar-refractivity contribution in [1.82, 2.24) is 5.32 Å². The number of hydrogen-bond donors (Lipinski definition) is 1. The third-order valence-corrected chi connectivity index (χ3v) is 5.09. The fraction of sp³-hybridized carbons (Fsp3) is 0.625. The highest BCUT2D eigenvalue weighted by atomic mass is 79.9. The van der Waals surface area contributed by atoms with Crippen LogP contribution >= 0.6 is 15.9 Å². The normalized spacial score (nSPS) is 26.9. The van der Waals surface area contributed by atoms with E-state index in [4.69, 9.17) is 4.74 Å². The lowest BCUT2D eigenvalue weighted by atomic mass is 9.74. The molecule has 2 nitrogen and oxygen atoms in total. The summed E-state index contributed by atoms with van der Waals surface area (Å²) in [7, 11) is 0. The van der Waals surface area contributed by atoms with E-state index in [2.05, 4.69) is 52.4 Å². The van der Waals surface area contributed by atoms with Gasteiger partial charge in [-0.2, -0.15) is 0 Å². The molecule has 1 aromatic rings. The van der Waals surface area contributed by atoms with Crippen molar-refractivity contribution in [3.8, 4) is 0 Å². The van der Waals surface area contributed by atoms with Crippen LogP contribution in [0.5, 0.6) is 0 Å². The lowest BCUT2D eigenvalue weighted by Gasteiger charge is -2.47. The van der Waals surface area contributed by atoms with E-state index in [1.165, 1.54) is 31.2 Å². The van der Waals surface area contributed by atoms with Crippen LogP contribution in [-0.4, -0.2) is 18.2 Å². The molecule has 1 spiro atoms. The molecule has 3 heteroatoms. The molecule has 19 heavy (non-hydrogen) atoms. The molecule has 1 aromatic carbocycles. The van der Waals surface area contributed by atoms with Crippen molar-refractivity contribution in [2.24, 2.45) is 0 Å². The van der Waals surface area contributed by atoms with E-state index in [0.29, 0.717) is 12.1 Å². The second-order valence-electron chi connectivity index (χ2n) is 6.02. The van der Waals surface area contributed by atoms with Gasteiger partial charge in [0.25, 0.3) is 0 Å². The predicted octanol–water partition coefficient (Wildman–Crippen LogP) is 4.20. The van der Waals surface area contributed by atoms with Crippen LogP contribution in [0.25, 0.3) is 0 Å². The highest BCUT2D eigenvalue weighted by Gasteiger charge is 2.42. The highest BCUT2D eigenvalue weighted by Crippen LogP contribution is 2.42. The SMILES string of the molecule is CC(NC1CCOC2(CCC2)C1)c1cccc(Br)c1. The summed E-state index contributed by atoms with van der Waals surface area (Å²) < 4.78 is 7.14. The van der Waals surface area contributed by atoms with Gasteiger partial charge in [0.1, 0.15) is 0 Å². The monoisotopic (exact) mass is 323 g/mol. The van der Waals surface area contributed by atoms with Crippen LogP contribution in [0.15, 0.2) is 28.7 Å². The summed E-state index contributed by atoms with van der Waals surface area (Å²) in [5, 5.41) is 3.78. The fourth-order valence-electron chi connectivity index (χ4n) is 3.32. The standard InChI is InChI=1S/C16H22BrNO/c1-12(13-4-2-5-14(17)10-13)18-15-6-9-19-16(11-15)7-3-8-16/h2,4-5,10,12,15,18H,3,6-9,11H2,1H3. The minimum absolute atomic E-state index is 0.229. The van der Waals surface area contributed by atoms with Crippen molar-refractivity contribution in [2.45, 2.75) is 56.7 Å². The molecule has 1 saturated heterocycles. The molecule has 104 valence electrons. The number of halogens is 1. The van der Waals surface area contributed by atoms with E-state index in [1.54, 1.807) is 0 Å². The molecule has 1 aliphatic carbocycles. The van der Waals surface area contributed by atoms with Gasteiger partial charge in [0, 0.05) is 23.2 Å². The summed E-state index contributed by atoms with van der Waals surface area (Å²) in [6, 6.07) is 9.58. The summed E-state index contributed by atoms with van der Waals surface area (Å²) in [5.41, 5.74) is 1.58. The molecule has 1 heterocycles. The van der Waals surface area contributed by atoms with Crippen LogP contribution in [0, 0.1) is 0 Å². The Morgan fingerprint density at radius 2 is 2.26 bits per heavy atom. The molecule has 1 aliphatic heterocycles. The Morgan fingerprint density at radius 3 is 2.95 bits per heavy atom. The molecule has 2 fully saturated rings. The Labute approximate surface area is 124 Å². The van der Waals surface area contributed by atoms with Crippen LogP contribution < -0.4 is 5.32 Å². The molecule has 3 rings (SSSR count). The summed E-state index contributed by atoms with van der Waals surface area (Å²) in [5.74, 6) is 0. The lowest BCUT2D eigenvalue weighted by molar-refractivity contribution is -0.136. The Hall–Kier alpha value is -0.380. The van der Waals surface area contributed by atoms with E-state index in [0.717, 1.165) is 17.5 Å². The molecule has 1 N–H and O–H groups in total. The summed E-state index contributed by atoms with van der Waals surface area (Å²) in [4.78, 5) is 0. The summed E-state index contributed by atoms with van der Waals surface area (Å²) in [6.45, 7) is 3.17. The number of ether oxygens (including phenoxy) is 1. The molecule has 2 atom stereocenters. The van der Waals surface area contributed by atoms with Crippen LogP contribution in [0.3, 0.4) is 0 Å². The topological polar surface area (TPSA) is 21.3 Å². The first-order valence-corrected chi connectivity index (χ1v) is 8.12. The molecule has 1 saturated carbocycles. The Bertz CT molecular complexity index is 444. The Kier molecular flexibility index (Phi) is 3.97. The molecule has 2 unspecified atom stereocenters. The van der Waals surface area contributed by atoms with Gasteiger partial charge in [0.05, 0.1) is 5.60 Å². The first-order chi connectivity index (χ1) is 9.17. The maximum atomic E-state index is 5.99. The Balaban J connectivity index is 1.61. The van der Waals surface area contributed by atoms with Crippen LogP contribution in [0.2, 0.25) is 0 Å². The molecule has 2 aliphatic rings. The predicted molar refractivity (Wildman–Crippen MR) is 81.2 cm³/mol. The van der Waals surface area contributed by atoms with Gasteiger partial charge < -0.3 is 10.1 Å². The third-order valence-electron chi connectivity index (χ3n) is 4.59. The first kappa shape index (κ1) is 13.6. The lowest BCUT2D eigenvalue weighted by Crippen LogP contribution is -2.51. The summed E-state index contributed by atoms with van der Waals surface area (Å²) >= 11 is 3.55. The van der Waals surface area contributed by atoms with Crippen molar-refractivity contribution in [3.05, 3.63) is 34.3 Å². The van der Waals surface area contributed by atoms with Crippen molar-refractivity contribution in [3.63, 3.8) is 0 Å². The van der Waals surface area contributed by atoms with E-state index in [9.17, 15) is 0 Å². The van der Waals surface area contributed by atoms with Gasteiger partial charge in [-0.3, -0.25) is 0 Å². The van der Waals surface area contributed by atoms with Gasteiger partial charge in [0.15, 0.2) is 0 Å². The quantitative estimate of drug-likeness (QED) is 0.900. The second-order valence-corrected chi connectivity index (χ2v) is 6.93. The maximum absolute atomic E-state index is 5.99. The average Bonchev–Trinajstić information content (AvgIpc) is 2.37. The van der Waals surface area contributed by atoms with Crippen LogP contribution in [-0.2, 0) is 4.74 Å². The van der Waals surface area contributed by atoms with Gasteiger partial charge in [0.2, 0.25) is 0 Å². The van der Waals surface area contributed by atoms with Crippen molar-refractivity contribution < 1.29 is 4.74 Å². The van der Waals surface area contributed by atoms with Crippen molar-refractivity contribution >= 4 is 15.9 Å².